The maximum absolute atomic E-state index is 13.0. The van der Waals surface area contributed by atoms with Crippen LogP contribution in [0.4, 0.5) is 13.2 Å². The molecule has 5 nitrogen and oxygen atoms in total. The van der Waals surface area contributed by atoms with Crippen LogP contribution < -0.4 is 0 Å². The minimum atomic E-state index is -4.49. The van der Waals surface area contributed by atoms with Crippen LogP contribution in [0.5, 0.6) is 0 Å². The quantitative estimate of drug-likeness (QED) is 0.809. The molecule has 2 aromatic rings. The van der Waals surface area contributed by atoms with Gasteiger partial charge in [-0.05, 0) is 18.1 Å². The zero-order chi connectivity index (χ0) is 17.7. The topological polar surface area (TPSA) is 59.2 Å². The Morgan fingerprint density at radius 2 is 2.00 bits per heavy atom. The highest BCUT2D eigenvalue weighted by Crippen LogP contribution is 2.32. The fraction of sp³-hybridized carbons (Fsp3) is 0.438. The highest BCUT2D eigenvalue weighted by Gasteiger charge is 2.33. The highest BCUT2D eigenvalue weighted by atomic mass is 19.4. The van der Waals surface area contributed by atoms with Gasteiger partial charge in [0.15, 0.2) is 5.82 Å². The van der Waals surface area contributed by atoms with Gasteiger partial charge >= 0.3 is 6.18 Å². The average molecular weight is 341 g/mol. The van der Waals surface area contributed by atoms with E-state index in [1.807, 2.05) is 6.92 Å². The van der Waals surface area contributed by atoms with Crippen LogP contribution in [0.25, 0.3) is 0 Å². The number of carbonyl (C=O) groups is 1. The SMILES string of the molecule is CCCc1noc(CN(C)C(=O)Cc2ccccc2C(F)(F)F)n1. The second-order valence-corrected chi connectivity index (χ2v) is 5.44. The summed E-state index contributed by atoms with van der Waals surface area (Å²) in [6.07, 6.45) is -3.30. The number of halogens is 3. The second kappa shape index (κ2) is 7.46. The summed E-state index contributed by atoms with van der Waals surface area (Å²) in [4.78, 5) is 17.6. The molecule has 130 valence electrons. The van der Waals surface area contributed by atoms with Crippen molar-refractivity contribution in [3.05, 3.63) is 47.1 Å². The largest absolute Gasteiger partial charge is 0.416 e. The van der Waals surface area contributed by atoms with Gasteiger partial charge < -0.3 is 9.42 Å². The summed E-state index contributed by atoms with van der Waals surface area (Å²) in [6.45, 7) is 2.04. The third-order valence-corrected chi connectivity index (χ3v) is 3.45. The summed E-state index contributed by atoms with van der Waals surface area (Å²) < 4.78 is 43.9. The van der Waals surface area contributed by atoms with Gasteiger partial charge in [0.2, 0.25) is 11.8 Å². The number of amides is 1. The molecule has 0 unspecified atom stereocenters. The van der Waals surface area contributed by atoms with Crippen molar-refractivity contribution in [2.24, 2.45) is 0 Å². The molecule has 0 fully saturated rings. The highest BCUT2D eigenvalue weighted by molar-refractivity contribution is 5.78. The lowest BCUT2D eigenvalue weighted by molar-refractivity contribution is -0.138. The lowest BCUT2D eigenvalue weighted by Crippen LogP contribution is -2.28. The standard InChI is InChI=1S/C16H18F3N3O2/c1-3-6-13-20-14(24-21-13)10-22(2)15(23)9-11-7-4-5-8-12(11)16(17,18)19/h4-5,7-8H,3,6,9-10H2,1-2H3. The van der Waals surface area contributed by atoms with Crippen LogP contribution in [0.2, 0.25) is 0 Å². The molecular weight excluding hydrogens is 323 g/mol. The molecule has 1 heterocycles. The van der Waals surface area contributed by atoms with E-state index in [0.29, 0.717) is 12.2 Å². The summed E-state index contributed by atoms with van der Waals surface area (Å²) in [5.74, 6) is 0.358. The molecule has 0 saturated heterocycles. The molecule has 0 saturated carbocycles. The summed E-state index contributed by atoms with van der Waals surface area (Å²) in [7, 11) is 1.49. The van der Waals surface area contributed by atoms with Crippen molar-refractivity contribution in [3.63, 3.8) is 0 Å². The summed E-state index contributed by atoms with van der Waals surface area (Å²) >= 11 is 0. The Morgan fingerprint density at radius 3 is 2.67 bits per heavy atom. The van der Waals surface area contributed by atoms with Crippen LogP contribution in [0, 0.1) is 0 Å². The lowest BCUT2D eigenvalue weighted by atomic mass is 10.0. The molecule has 0 radical (unpaired) electrons. The minimum Gasteiger partial charge on any atom is -0.337 e. The van der Waals surface area contributed by atoms with E-state index in [-0.39, 0.29) is 24.4 Å². The fourth-order valence-electron chi connectivity index (χ4n) is 2.22. The maximum atomic E-state index is 13.0. The number of aromatic nitrogens is 2. The Bertz CT molecular complexity index is 698. The van der Waals surface area contributed by atoms with E-state index >= 15 is 0 Å². The monoisotopic (exact) mass is 341 g/mol. The number of rotatable bonds is 6. The van der Waals surface area contributed by atoms with E-state index in [0.717, 1.165) is 12.5 Å². The number of aryl methyl sites for hydroxylation is 1. The number of hydrogen-bond acceptors (Lipinski definition) is 4. The smallest absolute Gasteiger partial charge is 0.337 e. The van der Waals surface area contributed by atoms with Crippen molar-refractivity contribution in [3.8, 4) is 0 Å². The molecule has 2 rings (SSSR count). The third kappa shape index (κ3) is 4.56. The fourth-order valence-corrected chi connectivity index (χ4v) is 2.22. The molecule has 0 N–H and O–H groups in total. The van der Waals surface area contributed by atoms with Gasteiger partial charge in [0.05, 0.1) is 18.5 Å². The van der Waals surface area contributed by atoms with Crippen molar-refractivity contribution in [2.75, 3.05) is 7.05 Å². The lowest BCUT2D eigenvalue weighted by Gasteiger charge is -2.17. The van der Waals surface area contributed by atoms with Gasteiger partial charge in [0.25, 0.3) is 0 Å². The van der Waals surface area contributed by atoms with E-state index in [1.54, 1.807) is 0 Å². The van der Waals surface area contributed by atoms with Gasteiger partial charge in [-0.15, -0.1) is 0 Å². The van der Waals surface area contributed by atoms with Crippen LogP contribution >= 0.6 is 0 Å². The van der Waals surface area contributed by atoms with Crippen LogP contribution in [0.3, 0.4) is 0 Å². The molecule has 0 aliphatic heterocycles. The first-order chi connectivity index (χ1) is 11.3. The van der Waals surface area contributed by atoms with Gasteiger partial charge in [-0.3, -0.25) is 4.79 Å². The van der Waals surface area contributed by atoms with Gasteiger partial charge in [-0.1, -0.05) is 30.3 Å². The van der Waals surface area contributed by atoms with Gasteiger partial charge in [0.1, 0.15) is 0 Å². The summed E-state index contributed by atoms with van der Waals surface area (Å²) in [5, 5.41) is 3.78. The number of likely N-dealkylation sites (N-methyl/N-ethyl adjacent to an activating group) is 1. The predicted molar refractivity (Wildman–Crippen MR) is 79.9 cm³/mol. The van der Waals surface area contributed by atoms with Crippen molar-refractivity contribution in [2.45, 2.75) is 38.9 Å². The van der Waals surface area contributed by atoms with Crippen LogP contribution in [-0.4, -0.2) is 28.0 Å². The number of alkyl halides is 3. The Hall–Kier alpha value is -2.38. The molecule has 1 aromatic carbocycles. The molecule has 0 aliphatic rings. The van der Waals surface area contributed by atoms with E-state index in [4.69, 9.17) is 4.52 Å². The molecule has 0 aliphatic carbocycles. The van der Waals surface area contributed by atoms with Crippen molar-refractivity contribution >= 4 is 5.91 Å². The first kappa shape index (κ1) is 18.0. The van der Waals surface area contributed by atoms with E-state index in [2.05, 4.69) is 10.1 Å². The molecule has 1 amide bonds. The Morgan fingerprint density at radius 1 is 1.29 bits per heavy atom. The maximum Gasteiger partial charge on any atom is 0.416 e. The van der Waals surface area contributed by atoms with Crippen LogP contribution in [-0.2, 0) is 30.4 Å². The number of hydrogen-bond donors (Lipinski definition) is 0. The second-order valence-electron chi connectivity index (χ2n) is 5.44. The Balaban J connectivity index is 2.04. The predicted octanol–water partition coefficient (Wildman–Crippen LogP) is 3.24. The summed E-state index contributed by atoms with van der Waals surface area (Å²) in [6, 6.07) is 5.05. The molecule has 0 spiro atoms. The number of benzene rings is 1. The zero-order valence-corrected chi connectivity index (χ0v) is 13.4. The zero-order valence-electron chi connectivity index (χ0n) is 13.4. The number of carbonyl (C=O) groups excluding carboxylic acids is 1. The van der Waals surface area contributed by atoms with Gasteiger partial charge in [-0.2, -0.15) is 18.2 Å². The van der Waals surface area contributed by atoms with Crippen LogP contribution in [0.1, 0.15) is 36.2 Å². The van der Waals surface area contributed by atoms with Crippen LogP contribution in [0.15, 0.2) is 28.8 Å². The minimum absolute atomic E-state index is 0.0564. The van der Waals surface area contributed by atoms with Crippen molar-refractivity contribution < 1.29 is 22.5 Å². The van der Waals surface area contributed by atoms with Crippen molar-refractivity contribution in [1.82, 2.24) is 15.0 Å². The first-order valence-electron chi connectivity index (χ1n) is 7.51. The molecular formula is C16H18F3N3O2. The first-order valence-corrected chi connectivity index (χ1v) is 7.51. The average Bonchev–Trinajstić information content (AvgIpc) is 2.94. The van der Waals surface area contributed by atoms with E-state index in [1.165, 1.54) is 30.1 Å². The molecule has 1 aromatic heterocycles. The third-order valence-electron chi connectivity index (χ3n) is 3.45. The molecule has 24 heavy (non-hydrogen) atoms. The molecule has 0 atom stereocenters. The van der Waals surface area contributed by atoms with Gasteiger partial charge in [-0.25, -0.2) is 0 Å². The van der Waals surface area contributed by atoms with E-state index < -0.39 is 17.6 Å². The summed E-state index contributed by atoms with van der Waals surface area (Å²) in [5.41, 5.74) is -0.853. The molecule has 0 bridgehead atoms. The number of nitrogens with zero attached hydrogens (tertiary/aromatic N) is 3. The Kier molecular flexibility index (Phi) is 5.58. The van der Waals surface area contributed by atoms with Crippen molar-refractivity contribution in [1.29, 1.82) is 0 Å². The normalized spacial score (nSPS) is 11.5. The Labute approximate surface area is 137 Å². The van der Waals surface area contributed by atoms with Gasteiger partial charge in [0, 0.05) is 13.5 Å². The van der Waals surface area contributed by atoms with E-state index in [9.17, 15) is 18.0 Å². The molecule has 8 heteroatoms.